The Labute approximate surface area is 118 Å². The van der Waals surface area contributed by atoms with Gasteiger partial charge in [-0.3, -0.25) is 4.90 Å². The minimum absolute atomic E-state index is 0.0657. The van der Waals surface area contributed by atoms with Gasteiger partial charge in [0.2, 0.25) is 0 Å². The SMILES string of the molecule is CC(C)=CCN1CCC(NC2CCCC(O)C2)CC1. The zero-order valence-corrected chi connectivity index (χ0v) is 12.6. The number of allylic oxidation sites excluding steroid dienone is 1. The summed E-state index contributed by atoms with van der Waals surface area (Å²) >= 11 is 0. The molecule has 2 atom stereocenters. The van der Waals surface area contributed by atoms with Gasteiger partial charge in [0.1, 0.15) is 0 Å². The van der Waals surface area contributed by atoms with Crippen molar-refractivity contribution in [3.8, 4) is 0 Å². The zero-order valence-electron chi connectivity index (χ0n) is 12.6. The van der Waals surface area contributed by atoms with Gasteiger partial charge in [-0.1, -0.05) is 11.6 Å². The van der Waals surface area contributed by atoms with E-state index in [1.165, 1.54) is 44.3 Å². The van der Waals surface area contributed by atoms with Crippen LogP contribution in [0.1, 0.15) is 52.4 Å². The van der Waals surface area contributed by atoms with Gasteiger partial charge in [0.15, 0.2) is 0 Å². The number of nitrogens with zero attached hydrogens (tertiary/aromatic N) is 1. The van der Waals surface area contributed by atoms with E-state index in [-0.39, 0.29) is 6.10 Å². The third-order valence-corrected chi connectivity index (χ3v) is 4.46. The van der Waals surface area contributed by atoms with Crippen LogP contribution in [0.15, 0.2) is 11.6 Å². The maximum atomic E-state index is 9.72. The molecular formula is C16H30N2O. The molecule has 2 N–H and O–H groups in total. The molecule has 1 aliphatic carbocycles. The molecule has 0 bridgehead atoms. The monoisotopic (exact) mass is 266 g/mol. The molecule has 1 saturated carbocycles. The summed E-state index contributed by atoms with van der Waals surface area (Å²) in [5.74, 6) is 0. The Balaban J connectivity index is 1.67. The molecule has 0 spiro atoms. The van der Waals surface area contributed by atoms with Crippen LogP contribution in [-0.4, -0.2) is 47.8 Å². The Morgan fingerprint density at radius 2 is 1.89 bits per heavy atom. The molecule has 0 aromatic carbocycles. The van der Waals surface area contributed by atoms with Crippen molar-refractivity contribution < 1.29 is 5.11 Å². The molecule has 1 aliphatic heterocycles. The number of hydrogen-bond donors (Lipinski definition) is 2. The Morgan fingerprint density at radius 3 is 2.53 bits per heavy atom. The lowest BCUT2D eigenvalue weighted by Crippen LogP contribution is -2.47. The third kappa shape index (κ3) is 5.25. The van der Waals surface area contributed by atoms with E-state index in [9.17, 15) is 5.11 Å². The van der Waals surface area contributed by atoms with Crippen molar-refractivity contribution in [1.82, 2.24) is 10.2 Å². The molecular weight excluding hydrogens is 236 g/mol. The van der Waals surface area contributed by atoms with Gasteiger partial charge in [-0.2, -0.15) is 0 Å². The van der Waals surface area contributed by atoms with E-state index in [1.54, 1.807) is 0 Å². The average molecular weight is 266 g/mol. The molecule has 0 amide bonds. The minimum atomic E-state index is -0.0657. The van der Waals surface area contributed by atoms with Crippen LogP contribution in [0.3, 0.4) is 0 Å². The van der Waals surface area contributed by atoms with Crippen molar-refractivity contribution in [2.75, 3.05) is 19.6 Å². The predicted octanol–water partition coefficient (Wildman–Crippen LogP) is 2.31. The van der Waals surface area contributed by atoms with Gasteiger partial charge < -0.3 is 10.4 Å². The first-order valence-electron chi connectivity index (χ1n) is 7.93. The molecule has 0 aromatic rings. The van der Waals surface area contributed by atoms with Crippen molar-refractivity contribution in [3.63, 3.8) is 0 Å². The smallest absolute Gasteiger partial charge is 0.0555 e. The summed E-state index contributed by atoms with van der Waals surface area (Å²) in [4.78, 5) is 2.54. The van der Waals surface area contributed by atoms with Crippen LogP contribution in [0, 0.1) is 0 Å². The first-order valence-corrected chi connectivity index (χ1v) is 7.93. The van der Waals surface area contributed by atoms with Gasteiger partial charge in [0, 0.05) is 18.6 Å². The number of rotatable bonds is 4. The molecule has 19 heavy (non-hydrogen) atoms. The van der Waals surface area contributed by atoms with Crippen molar-refractivity contribution in [2.24, 2.45) is 0 Å². The van der Waals surface area contributed by atoms with Crippen LogP contribution in [0.25, 0.3) is 0 Å². The van der Waals surface area contributed by atoms with Crippen LogP contribution in [0.4, 0.5) is 0 Å². The van der Waals surface area contributed by atoms with Crippen molar-refractivity contribution in [1.29, 1.82) is 0 Å². The minimum Gasteiger partial charge on any atom is -0.393 e. The molecule has 110 valence electrons. The largest absolute Gasteiger partial charge is 0.393 e. The number of hydrogen-bond acceptors (Lipinski definition) is 3. The summed E-state index contributed by atoms with van der Waals surface area (Å²) in [5, 5.41) is 13.5. The highest BCUT2D eigenvalue weighted by molar-refractivity contribution is 4.96. The highest BCUT2D eigenvalue weighted by Crippen LogP contribution is 2.20. The van der Waals surface area contributed by atoms with E-state index < -0.39 is 0 Å². The second kappa shape index (κ2) is 7.41. The molecule has 2 rings (SSSR count). The summed E-state index contributed by atoms with van der Waals surface area (Å²) in [6.45, 7) is 7.86. The summed E-state index contributed by atoms with van der Waals surface area (Å²) in [6, 6.07) is 1.22. The van der Waals surface area contributed by atoms with Gasteiger partial charge in [0.25, 0.3) is 0 Å². The summed E-state index contributed by atoms with van der Waals surface area (Å²) in [5.41, 5.74) is 1.41. The quantitative estimate of drug-likeness (QED) is 0.767. The Bertz CT molecular complexity index is 291. The predicted molar refractivity (Wildman–Crippen MR) is 80.3 cm³/mol. The van der Waals surface area contributed by atoms with E-state index in [4.69, 9.17) is 0 Å². The number of aliphatic hydroxyl groups excluding tert-OH is 1. The van der Waals surface area contributed by atoms with E-state index in [0.717, 1.165) is 19.4 Å². The van der Waals surface area contributed by atoms with Crippen LogP contribution in [0.2, 0.25) is 0 Å². The second-order valence-electron chi connectivity index (χ2n) is 6.54. The Kier molecular flexibility index (Phi) is 5.86. The summed E-state index contributed by atoms with van der Waals surface area (Å²) in [7, 11) is 0. The van der Waals surface area contributed by atoms with E-state index >= 15 is 0 Å². The average Bonchev–Trinajstić information content (AvgIpc) is 2.38. The number of nitrogens with one attached hydrogen (secondary N) is 1. The van der Waals surface area contributed by atoms with Gasteiger partial charge in [-0.05, 0) is 65.5 Å². The second-order valence-corrected chi connectivity index (χ2v) is 6.54. The fourth-order valence-corrected chi connectivity index (χ4v) is 3.24. The van der Waals surface area contributed by atoms with E-state index in [1.807, 2.05) is 0 Å². The Morgan fingerprint density at radius 1 is 1.16 bits per heavy atom. The van der Waals surface area contributed by atoms with E-state index in [0.29, 0.717) is 12.1 Å². The van der Waals surface area contributed by atoms with Crippen LogP contribution < -0.4 is 5.32 Å². The number of likely N-dealkylation sites (tertiary alicyclic amines) is 1. The highest BCUT2D eigenvalue weighted by Gasteiger charge is 2.24. The van der Waals surface area contributed by atoms with Crippen molar-refractivity contribution in [3.05, 3.63) is 11.6 Å². The molecule has 0 radical (unpaired) electrons. The zero-order chi connectivity index (χ0) is 13.7. The molecule has 2 fully saturated rings. The molecule has 1 saturated heterocycles. The lowest BCUT2D eigenvalue weighted by atomic mass is 9.91. The van der Waals surface area contributed by atoms with Crippen LogP contribution in [-0.2, 0) is 0 Å². The highest BCUT2D eigenvalue weighted by atomic mass is 16.3. The molecule has 1 heterocycles. The van der Waals surface area contributed by atoms with Gasteiger partial charge in [-0.25, -0.2) is 0 Å². The summed E-state index contributed by atoms with van der Waals surface area (Å²) in [6.07, 6.45) is 9.14. The van der Waals surface area contributed by atoms with Crippen LogP contribution >= 0.6 is 0 Å². The molecule has 2 aliphatic rings. The normalized spacial score (nSPS) is 30.3. The topological polar surface area (TPSA) is 35.5 Å². The van der Waals surface area contributed by atoms with Crippen molar-refractivity contribution >= 4 is 0 Å². The molecule has 2 unspecified atom stereocenters. The lowest BCUT2D eigenvalue weighted by molar-refractivity contribution is 0.103. The number of aliphatic hydroxyl groups is 1. The van der Waals surface area contributed by atoms with Gasteiger partial charge in [0.05, 0.1) is 6.10 Å². The van der Waals surface area contributed by atoms with E-state index in [2.05, 4.69) is 30.1 Å². The van der Waals surface area contributed by atoms with Crippen molar-refractivity contribution in [2.45, 2.75) is 70.6 Å². The molecule has 3 heteroatoms. The maximum absolute atomic E-state index is 9.72. The first-order chi connectivity index (χ1) is 9.13. The molecule has 0 aromatic heterocycles. The first kappa shape index (κ1) is 15.0. The Hall–Kier alpha value is -0.380. The fourth-order valence-electron chi connectivity index (χ4n) is 3.24. The van der Waals surface area contributed by atoms with Crippen LogP contribution in [0.5, 0.6) is 0 Å². The maximum Gasteiger partial charge on any atom is 0.0555 e. The van der Waals surface area contributed by atoms with Gasteiger partial charge in [-0.15, -0.1) is 0 Å². The standard InChI is InChI=1S/C16H30N2O/c1-13(2)6-9-18-10-7-14(8-11-18)17-15-4-3-5-16(19)12-15/h6,14-17,19H,3-5,7-12H2,1-2H3. The third-order valence-electron chi connectivity index (χ3n) is 4.46. The van der Waals surface area contributed by atoms with Gasteiger partial charge >= 0.3 is 0 Å². The lowest BCUT2D eigenvalue weighted by Gasteiger charge is -2.36. The number of piperidine rings is 1. The fraction of sp³-hybridized carbons (Fsp3) is 0.875. The summed E-state index contributed by atoms with van der Waals surface area (Å²) < 4.78 is 0. The molecule has 3 nitrogen and oxygen atoms in total.